The Morgan fingerprint density at radius 2 is 1.83 bits per heavy atom. The molecule has 4 heteroatoms. The van der Waals surface area contributed by atoms with Crippen molar-refractivity contribution in [2.45, 2.75) is 53.4 Å². The van der Waals surface area contributed by atoms with Crippen LogP contribution in [-0.4, -0.2) is 30.3 Å². The molecule has 2 heterocycles. The van der Waals surface area contributed by atoms with Gasteiger partial charge in [-0.2, -0.15) is 0 Å². The summed E-state index contributed by atoms with van der Waals surface area (Å²) in [4.78, 5) is 17.9. The second kappa shape index (κ2) is 6.10. The largest absolute Gasteiger partial charge is 0.364 e. The van der Waals surface area contributed by atoms with Crippen LogP contribution in [0, 0.1) is 20.8 Å². The predicted octanol–water partition coefficient (Wildman–Crippen LogP) is 1.65. The average Bonchev–Trinajstić information content (AvgIpc) is 2.41. The molecule has 0 radical (unpaired) electrons. The highest BCUT2D eigenvalue weighted by Crippen LogP contribution is 2.17. The number of aromatic nitrogens is 1. The molecule has 1 saturated heterocycles. The monoisotopic (exact) mass is 315 g/mol. The molecule has 0 amide bonds. The van der Waals surface area contributed by atoms with E-state index in [0.717, 1.165) is 47.4 Å². The van der Waals surface area contributed by atoms with Crippen LogP contribution in [0.25, 0.3) is 10.9 Å². The minimum absolute atomic E-state index is 0.188. The van der Waals surface area contributed by atoms with E-state index in [2.05, 4.69) is 37.9 Å². The number of aryl methyl sites for hydroxylation is 3. The van der Waals surface area contributed by atoms with Crippen LogP contribution in [0.4, 0.5) is 0 Å². The first-order valence-corrected chi connectivity index (χ1v) is 8.47. The summed E-state index contributed by atoms with van der Waals surface area (Å²) in [7, 11) is 0. The number of morpholine rings is 1. The molecule has 124 valence electrons. The Balaban J connectivity index is 2.03. The highest BCUT2D eigenvalue weighted by atomic mass is 16.5. The van der Waals surface area contributed by atoms with Gasteiger partial charge in [-0.25, -0.2) is 0 Å². The Kier molecular flexibility index (Phi) is 4.30. The van der Waals surface area contributed by atoms with E-state index in [0.29, 0.717) is 0 Å². The second-order valence-electron chi connectivity index (χ2n) is 7.15. The van der Waals surface area contributed by atoms with Crippen molar-refractivity contribution in [3.05, 3.63) is 44.7 Å². The molecule has 0 spiro atoms. The van der Waals surface area contributed by atoms with Gasteiger partial charge in [0.1, 0.15) is 31.8 Å². The van der Waals surface area contributed by atoms with E-state index in [1.807, 2.05) is 13.8 Å². The van der Waals surface area contributed by atoms with Crippen LogP contribution in [0.15, 0.2) is 16.9 Å². The summed E-state index contributed by atoms with van der Waals surface area (Å²) in [6.07, 6.45) is 0.496. The molecule has 0 unspecified atom stereocenters. The van der Waals surface area contributed by atoms with E-state index in [1.54, 1.807) is 0 Å². The van der Waals surface area contributed by atoms with E-state index in [1.165, 1.54) is 10.5 Å². The van der Waals surface area contributed by atoms with Crippen LogP contribution in [0.5, 0.6) is 0 Å². The first-order valence-electron chi connectivity index (χ1n) is 8.47. The van der Waals surface area contributed by atoms with Gasteiger partial charge in [0.05, 0.1) is 11.1 Å². The van der Waals surface area contributed by atoms with Crippen molar-refractivity contribution in [1.82, 2.24) is 4.98 Å². The lowest BCUT2D eigenvalue weighted by atomic mass is 10.0. The number of rotatable bonds is 2. The summed E-state index contributed by atoms with van der Waals surface area (Å²) in [5.41, 5.74) is 5.29. The minimum Gasteiger partial charge on any atom is -0.364 e. The van der Waals surface area contributed by atoms with Crippen LogP contribution >= 0.6 is 0 Å². The molecule has 1 aromatic carbocycles. The molecule has 3 rings (SSSR count). The fourth-order valence-electron chi connectivity index (χ4n) is 3.96. The van der Waals surface area contributed by atoms with Crippen molar-refractivity contribution >= 4 is 10.9 Å². The summed E-state index contributed by atoms with van der Waals surface area (Å²) in [6.45, 7) is 13.0. The Labute approximate surface area is 137 Å². The Hall–Kier alpha value is -1.65. The van der Waals surface area contributed by atoms with E-state index < -0.39 is 0 Å². The lowest BCUT2D eigenvalue weighted by molar-refractivity contribution is -0.928. The number of fused-ring (bicyclic) bond motifs is 1. The molecular weight excluding hydrogens is 288 g/mol. The summed E-state index contributed by atoms with van der Waals surface area (Å²) >= 11 is 0. The summed E-state index contributed by atoms with van der Waals surface area (Å²) in [5, 5.41) is 0.838. The van der Waals surface area contributed by atoms with Crippen molar-refractivity contribution in [2.24, 2.45) is 0 Å². The fourth-order valence-corrected chi connectivity index (χ4v) is 3.96. The normalized spacial score (nSPS) is 25.0. The van der Waals surface area contributed by atoms with Gasteiger partial charge in [0.25, 0.3) is 0 Å². The number of hydrogen-bond donors (Lipinski definition) is 2. The van der Waals surface area contributed by atoms with Crippen molar-refractivity contribution in [3.63, 3.8) is 0 Å². The molecule has 1 aromatic heterocycles. The highest BCUT2D eigenvalue weighted by molar-refractivity contribution is 5.83. The topological polar surface area (TPSA) is 46.5 Å². The molecule has 0 aliphatic carbocycles. The zero-order valence-corrected chi connectivity index (χ0v) is 14.7. The maximum absolute atomic E-state index is 13.1. The summed E-state index contributed by atoms with van der Waals surface area (Å²) in [6, 6.07) is 4.15. The third kappa shape index (κ3) is 3.19. The maximum atomic E-state index is 13.1. The van der Waals surface area contributed by atoms with Gasteiger partial charge in [-0.3, -0.25) is 4.79 Å². The van der Waals surface area contributed by atoms with Crippen molar-refractivity contribution < 1.29 is 9.64 Å². The highest BCUT2D eigenvalue weighted by Gasteiger charge is 2.27. The second-order valence-corrected chi connectivity index (χ2v) is 7.15. The molecular formula is C19H27N2O2+. The third-order valence-electron chi connectivity index (χ3n) is 4.80. The zero-order chi connectivity index (χ0) is 16.7. The van der Waals surface area contributed by atoms with Crippen molar-refractivity contribution in [1.29, 1.82) is 0 Å². The molecule has 2 atom stereocenters. The third-order valence-corrected chi connectivity index (χ3v) is 4.80. The first-order chi connectivity index (χ1) is 10.8. The molecule has 2 N–H and O–H groups in total. The maximum Gasteiger partial charge on any atom is 0.198 e. The summed E-state index contributed by atoms with van der Waals surface area (Å²) < 4.78 is 5.81. The fraction of sp³-hybridized carbons (Fsp3) is 0.526. The van der Waals surface area contributed by atoms with Crippen LogP contribution < -0.4 is 10.3 Å². The standard InChI is InChI=1S/C19H26N2O2/c1-11-6-12(2)18-17(7-11)20-15(5)16(19(18)22)10-21-8-13(3)23-14(4)9-21/h6-7,13-14H,8-10H2,1-5H3,(H,20,22)/p+1/t13-,14-/m0/s1. The van der Waals surface area contributed by atoms with Crippen molar-refractivity contribution in [3.8, 4) is 0 Å². The van der Waals surface area contributed by atoms with Gasteiger partial charge in [0.2, 0.25) is 0 Å². The molecule has 1 aliphatic heterocycles. The van der Waals surface area contributed by atoms with E-state index in [9.17, 15) is 4.79 Å². The van der Waals surface area contributed by atoms with Crippen molar-refractivity contribution in [2.75, 3.05) is 13.1 Å². The molecule has 1 fully saturated rings. The Morgan fingerprint density at radius 3 is 2.48 bits per heavy atom. The Morgan fingerprint density at radius 1 is 1.17 bits per heavy atom. The van der Waals surface area contributed by atoms with Gasteiger partial charge in [-0.1, -0.05) is 6.07 Å². The van der Waals surface area contributed by atoms with Crippen LogP contribution in [0.3, 0.4) is 0 Å². The number of H-pyrrole nitrogens is 1. The smallest absolute Gasteiger partial charge is 0.198 e. The Bertz CT molecular complexity index is 784. The predicted molar refractivity (Wildman–Crippen MR) is 93.2 cm³/mol. The zero-order valence-electron chi connectivity index (χ0n) is 14.7. The van der Waals surface area contributed by atoms with E-state index in [4.69, 9.17) is 4.74 Å². The van der Waals surface area contributed by atoms with Gasteiger partial charge in [-0.05, 0) is 51.8 Å². The number of ether oxygens (including phenoxy) is 1. The number of quaternary nitrogens is 1. The first kappa shape index (κ1) is 16.2. The summed E-state index contributed by atoms with van der Waals surface area (Å²) in [5.74, 6) is 0. The van der Waals surface area contributed by atoms with E-state index >= 15 is 0 Å². The lowest BCUT2D eigenvalue weighted by Gasteiger charge is -2.32. The van der Waals surface area contributed by atoms with Gasteiger partial charge in [0, 0.05) is 11.1 Å². The van der Waals surface area contributed by atoms with Gasteiger partial charge in [-0.15, -0.1) is 0 Å². The van der Waals surface area contributed by atoms with Crippen LogP contribution in [0.2, 0.25) is 0 Å². The number of hydrogen-bond acceptors (Lipinski definition) is 2. The molecule has 4 nitrogen and oxygen atoms in total. The van der Waals surface area contributed by atoms with E-state index in [-0.39, 0.29) is 17.6 Å². The van der Waals surface area contributed by atoms with Gasteiger partial charge >= 0.3 is 0 Å². The molecule has 1 aliphatic rings. The number of nitrogens with one attached hydrogen (secondary N) is 2. The SMILES string of the molecule is Cc1cc(C)c2c(=O)c(C[NH+]3C[C@H](C)O[C@@H](C)C3)c(C)[nH]c2c1. The average molecular weight is 315 g/mol. The van der Waals surface area contributed by atoms with Gasteiger partial charge < -0.3 is 14.6 Å². The molecule has 0 bridgehead atoms. The number of benzene rings is 1. The number of aromatic amines is 1. The lowest BCUT2D eigenvalue weighted by Crippen LogP contribution is -3.14. The quantitative estimate of drug-likeness (QED) is 0.885. The molecule has 0 saturated carbocycles. The minimum atomic E-state index is 0.188. The van der Waals surface area contributed by atoms with Crippen LogP contribution in [0.1, 0.15) is 36.2 Å². The van der Waals surface area contributed by atoms with Gasteiger partial charge in [0.15, 0.2) is 5.43 Å². The molecule has 23 heavy (non-hydrogen) atoms. The van der Waals surface area contributed by atoms with Crippen LogP contribution in [-0.2, 0) is 11.3 Å². The number of pyridine rings is 1. The molecule has 2 aromatic rings.